The number of ether oxygens (including phenoxy) is 2. The highest BCUT2D eigenvalue weighted by Crippen LogP contribution is 2.19. The first-order valence-electron chi connectivity index (χ1n) is 9.05. The second-order valence-electron chi connectivity index (χ2n) is 7.58. The number of esters is 1. The minimum atomic E-state index is -0.449. The summed E-state index contributed by atoms with van der Waals surface area (Å²) in [6.07, 6.45) is 3.01. The van der Waals surface area contributed by atoms with Crippen LogP contribution in [0.4, 0.5) is 0 Å². The smallest absolute Gasteiger partial charge is 0.308 e. The Bertz CT molecular complexity index is 717. The quantitative estimate of drug-likeness (QED) is 0.529. The van der Waals surface area contributed by atoms with Crippen LogP contribution in [0.1, 0.15) is 52.6 Å². The average molecular weight is 359 g/mol. The predicted molar refractivity (Wildman–Crippen MR) is 101 cm³/mol. The van der Waals surface area contributed by atoms with E-state index in [4.69, 9.17) is 9.47 Å². The lowest BCUT2D eigenvalue weighted by molar-refractivity contribution is -0.156. The van der Waals surface area contributed by atoms with Crippen molar-refractivity contribution in [3.63, 3.8) is 0 Å². The van der Waals surface area contributed by atoms with Crippen molar-refractivity contribution in [1.82, 2.24) is 15.0 Å². The van der Waals surface area contributed by atoms with Gasteiger partial charge < -0.3 is 9.47 Å². The van der Waals surface area contributed by atoms with E-state index in [-0.39, 0.29) is 18.4 Å². The van der Waals surface area contributed by atoms with E-state index in [2.05, 4.69) is 36.3 Å². The first-order chi connectivity index (χ1) is 12.2. The lowest BCUT2D eigenvalue weighted by atomic mass is 10.1. The molecule has 0 bridgehead atoms. The molecule has 0 unspecified atom stereocenters. The molecule has 0 aliphatic rings. The summed E-state index contributed by atoms with van der Waals surface area (Å²) < 4.78 is 12.7. The highest BCUT2D eigenvalue weighted by Gasteiger charge is 2.15. The zero-order chi connectivity index (χ0) is 19.2. The largest absolute Gasteiger partial charge is 0.460 e. The molecule has 0 saturated heterocycles. The monoisotopic (exact) mass is 359 g/mol. The molecule has 26 heavy (non-hydrogen) atoms. The molecule has 6 heteroatoms. The summed E-state index contributed by atoms with van der Waals surface area (Å²) in [6, 6.07) is 8.50. The molecule has 0 aliphatic carbocycles. The van der Waals surface area contributed by atoms with Gasteiger partial charge in [-0.05, 0) is 52.7 Å². The Kier molecular flexibility index (Phi) is 6.91. The maximum Gasteiger partial charge on any atom is 0.308 e. The zero-order valence-electron chi connectivity index (χ0n) is 16.4. The maximum atomic E-state index is 11.6. The van der Waals surface area contributed by atoms with E-state index in [9.17, 15) is 4.79 Å². The van der Waals surface area contributed by atoms with E-state index >= 15 is 0 Å². The highest BCUT2D eigenvalue weighted by molar-refractivity contribution is 5.69. The van der Waals surface area contributed by atoms with Gasteiger partial charge in [0.2, 0.25) is 0 Å². The van der Waals surface area contributed by atoms with Gasteiger partial charge in [-0.1, -0.05) is 23.4 Å². The van der Waals surface area contributed by atoms with Gasteiger partial charge >= 0.3 is 5.97 Å². The summed E-state index contributed by atoms with van der Waals surface area (Å²) in [6.45, 7) is 10.7. The molecule has 0 saturated carbocycles. The Morgan fingerprint density at radius 3 is 2.65 bits per heavy atom. The number of carbonyl (C=O) groups excluding carboxylic acids is 1. The molecule has 0 radical (unpaired) electrons. The van der Waals surface area contributed by atoms with Gasteiger partial charge in [-0.15, -0.1) is 5.10 Å². The first kappa shape index (κ1) is 20.1. The van der Waals surface area contributed by atoms with Gasteiger partial charge in [0.25, 0.3) is 0 Å². The first-order valence-corrected chi connectivity index (χ1v) is 9.05. The number of carbonyl (C=O) groups is 1. The topological polar surface area (TPSA) is 66.2 Å². The summed E-state index contributed by atoms with van der Waals surface area (Å²) in [5, 5.41) is 8.39. The van der Waals surface area contributed by atoms with Crippen LogP contribution in [-0.2, 0) is 20.7 Å². The second-order valence-corrected chi connectivity index (χ2v) is 7.58. The Labute approximate surface area is 155 Å². The van der Waals surface area contributed by atoms with Crippen molar-refractivity contribution in [3.05, 3.63) is 36.0 Å². The van der Waals surface area contributed by atoms with Crippen LogP contribution >= 0.6 is 0 Å². The minimum absolute atomic E-state index is 0.229. The number of aromatic nitrogens is 3. The van der Waals surface area contributed by atoms with Gasteiger partial charge in [0.05, 0.1) is 25.8 Å². The van der Waals surface area contributed by atoms with Crippen LogP contribution in [0, 0.1) is 0 Å². The predicted octanol–water partition coefficient (Wildman–Crippen LogP) is 3.82. The van der Waals surface area contributed by atoms with Crippen LogP contribution in [0.15, 0.2) is 30.5 Å². The fourth-order valence-electron chi connectivity index (χ4n) is 2.39. The molecule has 0 spiro atoms. The molecule has 0 fully saturated rings. The lowest BCUT2D eigenvalue weighted by Gasteiger charge is -2.19. The summed E-state index contributed by atoms with van der Waals surface area (Å²) >= 11 is 0. The Morgan fingerprint density at radius 2 is 2.00 bits per heavy atom. The standard InChI is InChI=1S/C20H29N3O3/c1-15(2)23-14-18(21-22-23)17-8-6-7-16(13-17)9-11-25-12-10-19(24)26-20(3,4)5/h6-8,13-15H,9-12H2,1-5H3. The van der Waals surface area contributed by atoms with E-state index in [1.165, 1.54) is 5.56 Å². The van der Waals surface area contributed by atoms with E-state index in [1.807, 2.05) is 43.8 Å². The van der Waals surface area contributed by atoms with E-state index in [0.717, 1.165) is 17.7 Å². The van der Waals surface area contributed by atoms with Crippen LogP contribution in [0.3, 0.4) is 0 Å². The van der Waals surface area contributed by atoms with Gasteiger partial charge in [0, 0.05) is 11.6 Å². The van der Waals surface area contributed by atoms with E-state index in [0.29, 0.717) is 13.2 Å². The highest BCUT2D eigenvalue weighted by atomic mass is 16.6. The second kappa shape index (κ2) is 8.94. The molecule has 1 heterocycles. The molecule has 1 aromatic heterocycles. The van der Waals surface area contributed by atoms with Crippen molar-refractivity contribution >= 4 is 5.97 Å². The van der Waals surface area contributed by atoms with Crippen LogP contribution in [0.2, 0.25) is 0 Å². The molecule has 0 N–H and O–H groups in total. The number of rotatable bonds is 8. The zero-order valence-corrected chi connectivity index (χ0v) is 16.4. The molecule has 0 aliphatic heterocycles. The summed E-state index contributed by atoms with van der Waals surface area (Å²) in [7, 11) is 0. The van der Waals surface area contributed by atoms with E-state index < -0.39 is 5.60 Å². The van der Waals surface area contributed by atoms with Crippen molar-refractivity contribution in [2.24, 2.45) is 0 Å². The van der Waals surface area contributed by atoms with Crippen molar-refractivity contribution in [2.45, 2.75) is 59.1 Å². The molecule has 2 aromatic rings. The summed E-state index contributed by atoms with van der Waals surface area (Å²) in [4.78, 5) is 11.6. The normalized spacial score (nSPS) is 11.8. The molecule has 142 valence electrons. The molecule has 0 amide bonds. The third-order valence-corrected chi connectivity index (χ3v) is 3.67. The summed E-state index contributed by atoms with van der Waals surface area (Å²) in [5.74, 6) is -0.229. The SMILES string of the molecule is CC(C)n1cc(-c2cccc(CCOCCC(=O)OC(C)(C)C)c2)nn1. The summed E-state index contributed by atoms with van der Waals surface area (Å²) in [5.41, 5.74) is 2.63. The lowest BCUT2D eigenvalue weighted by Crippen LogP contribution is -2.24. The van der Waals surface area contributed by atoms with Gasteiger partial charge in [-0.25, -0.2) is 4.68 Å². The Morgan fingerprint density at radius 1 is 1.23 bits per heavy atom. The molecule has 2 rings (SSSR count). The van der Waals surface area contributed by atoms with Crippen molar-refractivity contribution in [3.8, 4) is 11.3 Å². The Balaban J connectivity index is 1.79. The van der Waals surface area contributed by atoms with Gasteiger partial charge in [0.15, 0.2) is 0 Å². The number of hydrogen-bond acceptors (Lipinski definition) is 5. The third kappa shape index (κ3) is 6.59. The van der Waals surface area contributed by atoms with Crippen LogP contribution in [-0.4, -0.2) is 39.8 Å². The molecular weight excluding hydrogens is 330 g/mol. The minimum Gasteiger partial charge on any atom is -0.460 e. The fraction of sp³-hybridized carbons (Fsp3) is 0.550. The van der Waals surface area contributed by atoms with Crippen molar-refractivity contribution < 1.29 is 14.3 Å². The van der Waals surface area contributed by atoms with Crippen LogP contribution in [0.5, 0.6) is 0 Å². The molecule has 6 nitrogen and oxygen atoms in total. The van der Waals surface area contributed by atoms with E-state index in [1.54, 1.807) is 0 Å². The Hall–Kier alpha value is -2.21. The third-order valence-electron chi connectivity index (χ3n) is 3.67. The van der Waals surface area contributed by atoms with Gasteiger partial charge in [0.1, 0.15) is 11.3 Å². The van der Waals surface area contributed by atoms with Crippen molar-refractivity contribution in [1.29, 1.82) is 0 Å². The average Bonchev–Trinajstić information content (AvgIpc) is 3.03. The number of hydrogen-bond donors (Lipinski definition) is 0. The molecule has 1 aromatic carbocycles. The number of nitrogens with zero attached hydrogens (tertiary/aromatic N) is 3. The number of benzene rings is 1. The maximum absolute atomic E-state index is 11.6. The fourth-order valence-corrected chi connectivity index (χ4v) is 2.39. The van der Waals surface area contributed by atoms with Crippen LogP contribution in [0.25, 0.3) is 11.3 Å². The van der Waals surface area contributed by atoms with Gasteiger partial charge in [-0.3, -0.25) is 4.79 Å². The van der Waals surface area contributed by atoms with Crippen molar-refractivity contribution in [2.75, 3.05) is 13.2 Å². The molecule has 0 atom stereocenters. The molecular formula is C20H29N3O3. The van der Waals surface area contributed by atoms with Crippen LogP contribution < -0.4 is 0 Å². The van der Waals surface area contributed by atoms with Gasteiger partial charge in [-0.2, -0.15) is 0 Å².